The van der Waals surface area contributed by atoms with Crippen molar-refractivity contribution < 1.29 is 17.9 Å². The van der Waals surface area contributed by atoms with Crippen LogP contribution in [0.25, 0.3) is 11.1 Å². The highest BCUT2D eigenvalue weighted by Gasteiger charge is 2.31. The first-order valence-electron chi connectivity index (χ1n) is 5.31. The lowest BCUT2D eigenvalue weighted by molar-refractivity contribution is -0.274. The van der Waals surface area contributed by atoms with Gasteiger partial charge in [0.1, 0.15) is 11.8 Å². The van der Waals surface area contributed by atoms with Crippen molar-refractivity contribution in [1.29, 1.82) is 5.26 Å². The van der Waals surface area contributed by atoms with Gasteiger partial charge in [-0.25, -0.2) is 4.98 Å². The van der Waals surface area contributed by atoms with Crippen LogP contribution < -0.4 is 4.74 Å². The van der Waals surface area contributed by atoms with Gasteiger partial charge in [-0.15, -0.1) is 13.2 Å². The lowest BCUT2D eigenvalue weighted by Gasteiger charge is -2.10. The number of aromatic nitrogens is 1. The number of nitrogens with zero attached hydrogens (tertiary/aromatic N) is 2. The number of hydrogen-bond donors (Lipinski definition) is 0. The summed E-state index contributed by atoms with van der Waals surface area (Å²) < 4.78 is 40.3. The van der Waals surface area contributed by atoms with E-state index in [0.717, 1.165) is 0 Å². The topological polar surface area (TPSA) is 45.9 Å². The maximum Gasteiger partial charge on any atom is 0.573 e. The van der Waals surface area contributed by atoms with Crippen LogP contribution in [0.4, 0.5) is 13.2 Å². The van der Waals surface area contributed by atoms with E-state index in [-0.39, 0.29) is 16.5 Å². The standard InChI is InChI=1S/C13H6ClF3N2O/c14-11-5-9(7-19-12(11)6-18)8-2-1-3-10(4-8)20-13(15,16)17/h1-5,7H. The van der Waals surface area contributed by atoms with Crippen molar-refractivity contribution in [3.8, 4) is 22.9 Å². The Morgan fingerprint density at radius 2 is 1.95 bits per heavy atom. The molecule has 20 heavy (non-hydrogen) atoms. The molecule has 0 N–H and O–H groups in total. The van der Waals surface area contributed by atoms with E-state index in [9.17, 15) is 13.2 Å². The number of rotatable bonds is 2. The third kappa shape index (κ3) is 3.39. The lowest BCUT2D eigenvalue weighted by Crippen LogP contribution is -2.17. The Kier molecular flexibility index (Phi) is 3.81. The molecule has 3 nitrogen and oxygen atoms in total. The van der Waals surface area contributed by atoms with Gasteiger partial charge in [-0.3, -0.25) is 0 Å². The highest BCUT2D eigenvalue weighted by Crippen LogP contribution is 2.29. The van der Waals surface area contributed by atoms with E-state index in [0.29, 0.717) is 11.1 Å². The van der Waals surface area contributed by atoms with Crippen molar-refractivity contribution in [2.45, 2.75) is 6.36 Å². The molecule has 0 saturated heterocycles. The smallest absolute Gasteiger partial charge is 0.406 e. The summed E-state index contributed by atoms with van der Waals surface area (Å²) in [5.41, 5.74) is 0.991. The first-order chi connectivity index (χ1) is 9.39. The third-order valence-electron chi connectivity index (χ3n) is 2.35. The Hall–Kier alpha value is -2.26. The predicted octanol–water partition coefficient (Wildman–Crippen LogP) is 4.17. The largest absolute Gasteiger partial charge is 0.573 e. The number of halogens is 4. The van der Waals surface area contributed by atoms with Gasteiger partial charge in [0.2, 0.25) is 0 Å². The summed E-state index contributed by atoms with van der Waals surface area (Å²) in [6, 6.07) is 8.67. The normalized spacial score (nSPS) is 10.9. The highest BCUT2D eigenvalue weighted by atomic mass is 35.5. The molecular formula is C13H6ClF3N2O. The second kappa shape index (κ2) is 5.39. The third-order valence-corrected chi connectivity index (χ3v) is 2.64. The summed E-state index contributed by atoms with van der Waals surface area (Å²) in [4.78, 5) is 3.82. The van der Waals surface area contributed by atoms with Gasteiger partial charge in [-0.2, -0.15) is 5.26 Å². The fourth-order valence-electron chi connectivity index (χ4n) is 1.55. The van der Waals surface area contributed by atoms with Crippen LogP contribution in [0.2, 0.25) is 5.02 Å². The number of hydrogen-bond acceptors (Lipinski definition) is 3. The molecule has 0 atom stereocenters. The van der Waals surface area contributed by atoms with E-state index in [1.54, 1.807) is 12.1 Å². The molecule has 0 fully saturated rings. The Morgan fingerprint density at radius 3 is 2.55 bits per heavy atom. The molecule has 102 valence electrons. The minimum Gasteiger partial charge on any atom is -0.406 e. The zero-order valence-electron chi connectivity index (χ0n) is 9.78. The van der Waals surface area contributed by atoms with Crippen molar-refractivity contribution in [1.82, 2.24) is 4.98 Å². The first kappa shape index (κ1) is 14.2. The minimum atomic E-state index is -4.75. The fraction of sp³-hybridized carbons (Fsp3) is 0.0769. The second-order valence-electron chi connectivity index (χ2n) is 3.74. The van der Waals surface area contributed by atoms with Gasteiger partial charge >= 0.3 is 6.36 Å². The number of pyridine rings is 1. The molecule has 0 amide bonds. The lowest BCUT2D eigenvalue weighted by atomic mass is 10.1. The van der Waals surface area contributed by atoms with E-state index in [4.69, 9.17) is 16.9 Å². The van der Waals surface area contributed by atoms with Gasteiger partial charge in [0.25, 0.3) is 0 Å². The van der Waals surface area contributed by atoms with Crippen LogP contribution in [-0.2, 0) is 0 Å². The summed E-state index contributed by atoms with van der Waals surface area (Å²) in [6.45, 7) is 0. The van der Waals surface area contributed by atoms with Crippen LogP contribution in [0.1, 0.15) is 5.69 Å². The van der Waals surface area contributed by atoms with E-state index in [2.05, 4.69) is 9.72 Å². The second-order valence-corrected chi connectivity index (χ2v) is 4.15. The van der Waals surface area contributed by atoms with Crippen molar-refractivity contribution in [2.24, 2.45) is 0 Å². The van der Waals surface area contributed by atoms with Gasteiger partial charge in [0.05, 0.1) is 5.02 Å². The highest BCUT2D eigenvalue weighted by molar-refractivity contribution is 6.31. The Labute approximate surface area is 117 Å². The molecule has 1 aromatic heterocycles. The van der Waals surface area contributed by atoms with Crippen molar-refractivity contribution >= 4 is 11.6 Å². The molecule has 2 rings (SSSR count). The Balaban J connectivity index is 2.36. The number of ether oxygens (including phenoxy) is 1. The van der Waals surface area contributed by atoms with Crippen LogP contribution >= 0.6 is 11.6 Å². The molecule has 0 spiro atoms. The van der Waals surface area contributed by atoms with Gasteiger partial charge in [-0.05, 0) is 23.8 Å². The molecule has 0 aliphatic carbocycles. The molecule has 2 aromatic rings. The average Bonchev–Trinajstić information content (AvgIpc) is 2.37. The summed E-state index contributed by atoms with van der Waals surface area (Å²) >= 11 is 5.83. The summed E-state index contributed by atoms with van der Waals surface area (Å²) in [5.74, 6) is -0.338. The maximum atomic E-state index is 12.1. The molecule has 1 aromatic carbocycles. The fourth-order valence-corrected chi connectivity index (χ4v) is 1.76. The Bertz CT molecular complexity index is 680. The van der Waals surface area contributed by atoms with Gasteiger partial charge in [0, 0.05) is 11.8 Å². The van der Waals surface area contributed by atoms with Gasteiger partial charge in [0.15, 0.2) is 5.69 Å². The van der Waals surface area contributed by atoms with E-state index >= 15 is 0 Å². The Morgan fingerprint density at radius 1 is 1.20 bits per heavy atom. The van der Waals surface area contributed by atoms with E-state index in [1.165, 1.54) is 30.5 Å². The van der Waals surface area contributed by atoms with Crippen LogP contribution in [0.5, 0.6) is 5.75 Å². The monoisotopic (exact) mass is 298 g/mol. The summed E-state index contributed by atoms with van der Waals surface area (Å²) in [7, 11) is 0. The molecule has 0 bridgehead atoms. The van der Waals surface area contributed by atoms with Gasteiger partial charge < -0.3 is 4.74 Å². The molecule has 1 heterocycles. The number of nitriles is 1. The molecular weight excluding hydrogens is 293 g/mol. The SMILES string of the molecule is N#Cc1ncc(-c2cccc(OC(F)(F)F)c2)cc1Cl. The molecule has 0 aliphatic heterocycles. The number of alkyl halides is 3. The first-order valence-corrected chi connectivity index (χ1v) is 5.68. The van der Waals surface area contributed by atoms with Crippen LogP contribution in [-0.4, -0.2) is 11.3 Å². The summed E-state index contributed by atoms with van der Waals surface area (Å²) in [5, 5.41) is 8.84. The van der Waals surface area contributed by atoms with E-state index in [1.807, 2.05) is 0 Å². The molecule has 0 unspecified atom stereocenters. The van der Waals surface area contributed by atoms with Crippen LogP contribution in [0, 0.1) is 11.3 Å². The van der Waals surface area contributed by atoms with Crippen molar-refractivity contribution in [2.75, 3.05) is 0 Å². The molecule has 7 heteroatoms. The molecule has 0 radical (unpaired) electrons. The average molecular weight is 299 g/mol. The minimum absolute atomic E-state index is 0.0538. The van der Waals surface area contributed by atoms with E-state index < -0.39 is 6.36 Å². The van der Waals surface area contributed by atoms with Crippen molar-refractivity contribution in [3.05, 3.63) is 47.2 Å². The predicted molar refractivity (Wildman–Crippen MR) is 66.1 cm³/mol. The number of benzene rings is 1. The van der Waals surface area contributed by atoms with Gasteiger partial charge in [-0.1, -0.05) is 23.7 Å². The zero-order valence-corrected chi connectivity index (χ0v) is 10.5. The molecule has 0 aliphatic rings. The quantitative estimate of drug-likeness (QED) is 0.836. The zero-order chi connectivity index (χ0) is 14.8. The van der Waals surface area contributed by atoms with Crippen LogP contribution in [0.3, 0.4) is 0 Å². The molecule has 0 saturated carbocycles. The summed E-state index contributed by atoms with van der Waals surface area (Å²) in [6.07, 6.45) is -3.39. The van der Waals surface area contributed by atoms with Crippen molar-refractivity contribution in [3.63, 3.8) is 0 Å². The maximum absolute atomic E-state index is 12.1. The van der Waals surface area contributed by atoms with Crippen LogP contribution in [0.15, 0.2) is 36.5 Å².